The fraction of sp³-hybridized carbons (Fsp3) is 0.176. The zero-order chi connectivity index (χ0) is 12.6. The Morgan fingerprint density at radius 1 is 0.889 bits per heavy atom. The largest absolute Gasteiger partial charge is 0.368 e. The third-order valence-electron chi connectivity index (χ3n) is 2.94. The van der Waals surface area contributed by atoms with Gasteiger partial charge in [-0.1, -0.05) is 60.7 Å². The van der Waals surface area contributed by atoms with Gasteiger partial charge >= 0.3 is 0 Å². The number of rotatable bonds is 5. The minimum Gasteiger partial charge on any atom is -0.368 e. The molecule has 0 fully saturated rings. The van der Waals surface area contributed by atoms with E-state index in [1.165, 1.54) is 11.3 Å². The third kappa shape index (κ3) is 3.49. The van der Waals surface area contributed by atoms with Crippen LogP contribution in [0, 0.1) is 0 Å². The van der Waals surface area contributed by atoms with Gasteiger partial charge in [0.25, 0.3) is 0 Å². The topological polar surface area (TPSA) is 3.24 Å². The Hall–Kier alpha value is -2.02. The zero-order valence-electron chi connectivity index (χ0n) is 10.8. The molecule has 1 nitrogen and oxygen atoms in total. The van der Waals surface area contributed by atoms with Gasteiger partial charge in [0, 0.05) is 18.8 Å². The molecule has 92 valence electrons. The molecule has 0 aliphatic carbocycles. The van der Waals surface area contributed by atoms with Crippen LogP contribution in [0.1, 0.15) is 12.5 Å². The van der Waals surface area contributed by atoms with Crippen molar-refractivity contribution in [2.75, 3.05) is 18.0 Å². The molecule has 0 spiro atoms. The summed E-state index contributed by atoms with van der Waals surface area (Å²) in [6.45, 7) is 4.14. The van der Waals surface area contributed by atoms with Gasteiger partial charge in [0.2, 0.25) is 0 Å². The molecule has 0 aromatic heterocycles. The van der Waals surface area contributed by atoms with Crippen LogP contribution in [0.15, 0.2) is 66.7 Å². The normalized spacial score (nSPS) is 10.7. The van der Waals surface area contributed by atoms with Gasteiger partial charge < -0.3 is 4.90 Å². The van der Waals surface area contributed by atoms with E-state index in [0.717, 1.165) is 13.1 Å². The van der Waals surface area contributed by atoms with Crippen LogP contribution in [0.4, 0.5) is 5.69 Å². The highest BCUT2D eigenvalue weighted by atomic mass is 15.1. The lowest BCUT2D eigenvalue weighted by atomic mass is 10.2. The molecule has 0 unspecified atom stereocenters. The monoisotopic (exact) mass is 237 g/mol. The molecule has 0 saturated carbocycles. The Kier molecular flexibility index (Phi) is 4.60. The summed E-state index contributed by atoms with van der Waals surface area (Å²) >= 11 is 0. The van der Waals surface area contributed by atoms with E-state index in [1.807, 2.05) is 6.07 Å². The maximum Gasteiger partial charge on any atom is 0.0368 e. The second kappa shape index (κ2) is 6.65. The van der Waals surface area contributed by atoms with Gasteiger partial charge in [-0.2, -0.15) is 0 Å². The molecule has 2 aromatic carbocycles. The molecule has 2 aromatic rings. The Bertz CT molecular complexity index is 473. The predicted octanol–water partition coefficient (Wildman–Crippen LogP) is 4.23. The Morgan fingerprint density at radius 3 is 2.11 bits per heavy atom. The number of likely N-dealkylation sites (N-methyl/N-ethyl adjacent to an activating group) is 1. The molecule has 0 aliphatic heterocycles. The number of anilines is 1. The van der Waals surface area contributed by atoms with E-state index in [1.54, 1.807) is 0 Å². The van der Waals surface area contributed by atoms with Crippen LogP contribution in [0.5, 0.6) is 0 Å². The lowest BCUT2D eigenvalue weighted by molar-refractivity contribution is 0.907. The molecule has 18 heavy (non-hydrogen) atoms. The van der Waals surface area contributed by atoms with Gasteiger partial charge in [-0.25, -0.2) is 0 Å². The van der Waals surface area contributed by atoms with E-state index in [2.05, 4.69) is 78.6 Å². The van der Waals surface area contributed by atoms with Crippen molar-refractivity contribution >= 4 is 11.8 Å². The molecule has 0 saturated heterocycles. The molecule has 0 atom stereocenters. The molecule has 0 radical (unpaired) electrons. The van der Waals surface area contributed by atoms with Crippen molar-refractivity contribution in [3.63, 3.8) is 0 Å². The zero-order valence-corrected chi connectivity index (χ0v) is 10.8. The Labute approximate surface area is 109 Å². The molecule has 0 amide bonds. The summed E-state index contributed by atoms with van der Waals surface area (Å²) in [6, 6.07) is 20.9. The van der Waals surface area contributed by atoms with Crippen molar-refractivity contribution in [2.24, 2.45) is 0 Å². The van der Waals surface area contributed by atoms with Crippen molar-refractivity contribution in [3.05, 3.63) is 72.3 Å². The Morgan fingerprint density at radius 2 is 1.50 bits per heavy atom. The van der Waals surface area contributed by atoms with Crippen molar-refractivity contribution in [1.29, 1.82) is 0 Å². The van der Waals surface area contributed by atoms with Crippen LogP contribution < -0.4 is 4.90 Å². The van der Waals surface area contributed by atoms with Crippen LogP contribution in [0.3, 0.4) is 0 Å². The first kappa shape index (κ1) is 12.4. The molecule has 2 rings (SSSR count). The SMILES string of the molecule is CCN(CC=Cc1ccccc1)c1ccccc1. The molecule has 0 aliphatic rings. The lowest BCUT2D eigenvalue weighted by Crippen LogP contribution is -2.22. The fourth-order valence-corrected chi connectivity index (χ4v) is 1.94. The second-order valence-corrected chi connectivity index (χ2v) is 4.19. The minimum absolute atomic E-state index is 0.940. The highest BCUT2D eigenvalue weighted by Crippen LogP contribution is 2.12. The van der Waals surface area contributed by atoms with Crippen LogP contribution >= 0.6 is 0 Å². The van der Waals surface area contributed by atoms with Gasteiger partial charge in [-0.05, 0) is 24.6 Å². The maximum absolute atomic E-state index is 2.35. The molecule has 0 bridgehead atoms. The highest BCUT2D eigenvalue weighted by molar-refractivity contribution is 5.52. The maximum atomic E-state index is 2.35. The van der Waals surface area contributed by atoms with Crippen molar-refractivity contribution < 1.29 is 0 Å². The highest BCUT2D eigenvalue weighted by Gasteiger charge is 1.99. The number of benzene rings is 2. The lowest BCUT2D eigenvalue weighted by Gasteiger charge is -2.21. The number of hydrogen-bond acceptors (Lipinski definition) is 1. The van der Waals surface area contributed by atoms with E-state index < -0.39 is 0 Å². The molecule has 1 heteroatoms. The summed E-state index contributed by atoms with van der Waals surface area (Å²) in [5.74, 6) is 0. The minimum atomic E-state index is 0.940. The molecule has 0 heterocycles. The van der Waals surface area contributed by atoms with E-state index in [0.29, 0.717) is 0 Å². The van der Waals surface area contributed by atoms with Crippen LogP contribution in [-0.2, 0) is 0 Å². The number of para-hydroxylation sites is 1. The van der Waals surface area contributed by atoms with Crippen LogP contribution in [-0.4, -0.2) is 13.1 Å². The summed E-state index contributed by atoms with van der Waals surface area (Å²) in [5.41, 5.74) is 2.53. The van der Waals surface area contributed by atoms with Crippen LogP contribution in [0.2, 0.25) is 0 Å². The van der Waals surface area contributed by atoms with E-state index >= 15 is 0 Å². The standard InChI is InChI=1S/C17H19N/c1-2-18(17-13-7-4-8-14-17)15-9-12-16-10-5-3-6-11-16/h3-14H,2,15H2,1H3. The van der Waals surface area contributed by atoms with Gasteiger partial charge in [-0.15, -0.1) is 0 Å². The van der Waals surface area contributed by atoms with Gasteiger partial charge in [-0.3, -0.25) is 0 Å². The van der Waals surface area contributed by atoms with Gasteiger partial charge in [0.15, 0.2) is 0 Å². The third-order valence-corrected chi connectivity index (χ3v) is 2.94. The van der Waals surface area contributed by atoms with Crippen molar-refractivity contribution in [2.45, 2.75) is 6.92 Å². The van der Waals surface area contributed by atoms with Crippen molar-refractivity contribution in [1.82, 2.24) is 0 Å². The molecular formula is C17H19N. The summed E-state index contributed by atoms with van der Waals surface area (Å²) in [6.07, 6.45) is 4.39. The van der Waals surface area contributed by atoms with Gasteiger partial charge in [0.05, 0.1) is 0 Å². The predicted molar refractivity (Wildman–Crippen MR) is 79.8 cm³/mol. The smallest absolute Gasteiger partial charge is 0.0368 e. The summed E-state index contributed by atoms with van der Waals surface area (Å²) in [5, 5.41) is 0. The first-order chi connectivity index (χ1) is 8.90. The quantitative estimate of drug-likeness (QED) is 0.752. The van der Waals surface area contributed by atoms with Crippen molar-refractivity contribution in [3.8, 4) is 0 Å². The number of nitrogens with zero attached hydrogens (tertiary/aromatic N) is 1. The fourth-order valence-electron chi connectivity index (χ4n) is 1.94. The second-order valence-electron chi connectivity index (χ2n) is 4.19. The molecular weight excluding hydrogens is 218 g/mol. The van der Waals surface area contributed by atoms with E-state index in [-0.39, 0.29) is 0 Å². The first-order valence-electron chi connectivity index (χ1n) is 6.41. The number of hydrogen-bond donors (Lipinski definition) is 0. The van der Waals surface area contributed by atoms with Gasteiger partial charge in [0.1, 0.15) is 0 Å². The summed E-state index contributed by atoms with van der Waals surface area (Å²) in [7, 11) is 0. The Balaban J connectivity index is 1.98. The average Bonchev–Trinajstić information content (AvgIpc) is 2.46. The summed E-state index contributed by atoms with van der Waals surface area (Å²) < 4.78 is 0. The first-order valence-corrected chi connectivity index (χ1v) is 6.41. The average molecular weight is 237 g/mol. The summed E-state index contributed by atoms with van der Waals surface area (Å²) in [4.78, 5) is 2.35. The molecule has 0 N–H and O–H groups in total. The van der Waals surface area contributed by atoms with Crippen LogP contribution in [0.25, 0.3) is 6.08 Å². The van der Waals surface area contributed by atoms with E-state index in [9.17, 15) is 0 Å². The van der Waals surface area contributed by atoms with E-state index in [4.69, 9.17) is 0 Å².